The number of esters is 1. The minimum Gasteiger partial charge on any atom is -0.489 e. The Balaban J connectivity index is 1.72. The van der Waals surface area contributed by atoms with Crippen LogP contribution in [0.4, 0.5) is 5.69 Å². The molecule has 0 bridgehead atoms. The van der Waals surface area contributed by atoms with E-state index < -0.39 is 25.8 Å². The van der Waals surface area contributed by atoms with Gasteiger partial charge in [-0.05, 0) is 73.9 Å². The third-order valence-corrected chi connectivity index (χ3v) is 10.6. The molecule has 0 N–H and O–H groups in total. The van der Waals surface area contributed by atoms with Crippen LogP contribution in [0.2, 0.25) is 0 Å². The molecule has 2 aromatic carbocycles. The number of sulfone groups is 1. The predicted molar refractivity (Wildman–Crippen MR) is 138 cm³/mol. The number of carbonyl (C=O) groups excluding carboxylic acids is 1. The highest BCUT2D eigenvalue weighted by atomic mass is 32.2. The van der Waals surface area contributed by atoms with Crippen molar-refractivity contribution in [3.63, 3.8) is 0 Å². The molecule has 36 heavy (non-hydrogen) atoms. The fraction of sp³-hybridized carbons (Fsp3) is 0.500. The Labute approximate surface area is 213 Å². The Morgan fingerprint density at radius 2 is 1.78 bits per heavy atom. The molecule has 8 nitrogen and oxygen atoms in total. The van der Waals surface area contributed by atoms with Crippen molar-refractivity contribution in [1.29, 1.82) is 0 Å². The number of ether oxygens (including phenoxy) is 2. The summed E-state index contributed by atoms with van der Waals surface area (Å²) in [5.41, 5.74) is 2.83. The van der Waals surface area contributed by atoms with E-state index in [2.05, 4.69) is 13.0 Å². The van der Waals surface area contributed by atoms with Crippen LogP contribution in [0.15, 0.2) is 41.3 Å². The minimum atomic E-state index is -4.00. The number of benzene rings is 2. The maximum Gasteiger partial charge on any atom is 0.341 e. The number of hydrogen-bond donors (Lipinski definition) is 0. The quantitative estimate of drug-likeness (QED) is 0.495. The van der Waals surface area contributed by atoms with Crippen LogP contribution in [-0.4, -0.2) is 53.6 Å². The maximum atomic E-state index is 14.0. The zero-order valence-electron chi connectivity index (χ0n) is 20.9. The molecule has 0 amide bonds. The smallest absolute Gasteiger partial charge is 0.341 e. The molecule has 196 valence electrons. The summed E-state index contributed by atoms with van der Waals surface area (Å²) in [6.07, 6.45) is 3.29. The zero-order valence-corrected chi connectivity index (χ0v) is 22.5. The number of anilines is 1. The number of aryl methyl sites for hydroxylation is 2. The van der Waals surface area contributed by atoms with Gasteiger partial charge >= 0.3 is 5.97 Å². The molecule has 0 aliphatic carbocycles. The number of nitrogens with zero attached hydrogens (tertiary/aromatic N) is 1. The second kappa shape index (κ2) is 10.4. The Hall–Kier alpha value is -2.59. The summed E-state index contributed by atoms with van der Waals surface area (Å²) in [5.74, 6) is -0.498. The topological polar surface area (TPSA) is 107 Å². The standard InChI is InChI=1S/C26H33NO7S2/c1-4-18-6-10-24-19(16-18)7-8-20(5-2)27(24)36(31,32)22-9-11-25(23(17-22)26(28)33-3)34-21-12-14-35(29,30)15-13-21/h6,9-11,16-17,20-21H,4-5,7-8,12-15H2,1-3H3. The third kappa shape index (κ3) is 5.25. The Kier molecular flexibility index (Phi) is 7.66. The Bertz CT molecular complexity index is 1340. The molecule has 0 saturated carbocycles. The van der Waals surface area contributed by atoms with E-state index in [0.717, 1.165) is 24.0 Å². The van der Waals surface area contributed by atoms with Gasteiger partial charge in [0, 0.05) is 6.04 Å². The van der Waals surface area contributed by atoms with Gasteiger partial charge in [-0.15, -0.1) is 0 Å². The first-order chi connectivity index (χ1) is 17.1. The van der Waals surface area contributed by atoms with Crippen molar-refractivity contribution >= 4 is 31.5 Å². The number of hydrogen-bond acceptors (Lipinski definition) is 7. The molecule has 4 rings (SSSR count). The maximum absolute atomic E-state index is 14.0. The molecule has 1 saturated heterocycles. The van der Waals surface area contributed by atoms with Crippen molar-refractivity contribution in [2.24, 2.45) is 0 Å². The lowest BCUT2D eigenvalue weighted by molar-refractivity contribution is 0.0592. The van der Waals surface area contributed by atoms with Gasteiger partial charge in [-0.25, -0.2) is 21.6 Å². The number of sulfonamides is 1. The molecule has 2 heterocycles. The first kappa shape index (κ1) is 26.5. The highest BCUT2D eigenvalue weighted by Crippen LogP contribution is 2.38. The van der Waals surface area contributed by atoms with Crippen LogP contribution in [0.25, 0.3) is 0 Å². The van der Waals surface area contributed by atoms with Gasteiger partial charge in [0.05, 0.1) is 29.2 Å². The van der Waals surface area contributed by atoms with Gasteiger partial charge in [-0.3, -0.25) is 4.31 Å². The van der Waals surface area contributed by atoms with E-state index in [4.69, 9.17) is 9.47 Å². The molecule has 1 unspecified atom stereocenters. The zero-order chi connectivity index (χ0) is 26.1. The SMILES string of the molecule is CCc1ccc2c(c1)CCC(CC)N2S(=O)(=O)c1ccc(OC2CCS(=O)(=O)CC2)c(C(=O)OC)c1. The van der Waals surface area contributed by atoms with E-state index in [1.54, 1.807) is 0 Å². The number of rotatable bonds is 7. The van der Waals surface area contributed by atoms with Crippen LogP contribution in [0, 0.1) is 0 Å². The number of methoxy groups -OCH3 is 1. The van der Waals surface area contributed by atoms with Crippen molar-refractivity contribution < 1.29 is 31.1 Å². The highest BCUT2D eigenvalue weighted by Gasteiger charge is 2.36. The first-order valence-electron chi connectivity index (χ1n) is 12.3. The largest absolute Gasteiger partial charge is 0.489 e. The van der Waals surface area contributed by atoms with Crippen molar-refractivity contribution in [3.05, 3.63) is 53.1 Å². The van der Waals surface area contributed by atoms with E-state index in [9.17, 15) is 21.6 Å². The van der Waals surface area contributed by atoms with Crippen LogP contribution in [0.5, 0.6) is 5.75 Å². The van der Waals surface area contributed by atoms with Crippen LogP contribution in [0.1, 0.15) is 61.0 Å². The second-order valence-corrected chi connectivity index (χ2v) is 13.5. The van der Waals surface area contributed by atoms with Crippen molar-refractivity contribution in [1.82, 2.24) is 0 Å². The number of carbonyl (C=O) groups is 1. The van der Waals surface area contributed by atoms with Crippen LogP contribution >= 0.6 is 0 Å². The van der Waals surface area contributed by atoms with Gasteiger partial charge in [-0.1, -0.05) is 26.0 Å². The summed E-state index contributed by atoms with van der Waals surface area (Å²) in [6.45, 7) is 4.04. The molecule has 0 radical (unpaired) electrons. The van der Waals surface area contributed by atoms with Crippen LogP contribution in [-0.2, 0) is 37.4 Å². The lowest BCUT2D eigenvalue weighted by Crippen LogP contribution is -2.43. The summed E-state index contributed by atoms with van der Waals surface area (Å²) >= 11 is 0. The van der Waals surface area contributed by atoms with E-state index in [1.165, 1.54) is 29.6 Å². The molecule has 0 aromatic heterocycles. The molecule has 2 aliphatic heterocycles. The average Bonchev–Trinajstić information content (AvgIpc) is 2.88. The highest BCUT2D eigenvalue weighted by molar-refractivity contribution is 7.93. The van der Waals surface area contributed by atoms with Crippen LogP contribution < -0.4 is 9.04 Å². The van der Waals surface area contributed by atoms with Gasteiger partial charge in [0.15, 0.2) is 9.84 Å². The van der Waals surface area contributed by atoms with E-state index >= 15 is 0 Å². The Morgan fingerprint density at radius 3 is 2.42 bits per heavy atom. The van der Waals surface area contributed by atoms with Gasteiger partial charge in [0.2, 0.25) is 0 Å². The monoisotopic (exact) mass is 535 g/mol. The van der Waals surface area contributed by atoms with Gasteiger partial charge in [0.1, 0.15) is 17.4 Å². The Morgan fingerprint density at radius 1 is 1.06 bits per heavy atom. The van der Waals surface area contributed by atoms with E-state index in [-0.39, 0.29) is 39.9 Å². The lowest BCUT2D eigenvalue weighted by atomic mass is 9.94. The molecular weight excluding hydrogens is 502 g/mol. The fourth-order valence-corrected chi connectivity index (χ4v) is 8.19. The molecule has 0 spiro atoms. The van der Waals surface area contributed by atoms with Gasteiger partial charge in [-0.2, -0.15) is 0 Å². The fourth-order valence-electron chi connectivity index (χ4n) is 4.93. The lowest BCUT2D eigenvalue weighted by Gasteiger charge is -2.37. The van der Waals surface area contributed by atoms with Crippen LogP contribution in [0.3, 0.4) is 0 Å². The van der Waals surface area contributed by atoms with Crippen molar-refractivity contribution in [3.8, 4) is 5.75 Å². The summed E-state index contributed by atoms with van der Waals surface area (Å²) in [4.78, 5) is 12.6. The molecule has 10 heteroatoms. The summed E-state index contributed by atoms with van der Waals surface area (Å²) < 4.78 is 63.8. The molecular formula is C26H33NO7S2. The second-order valence-electron chi connectivity index (χ2n) is 9.34. The van der Waals surface area contributed by atoms with E-state index in [1.807, 2.05) is 19.1 Å². The molecule has 2 aliphatic rings. The van der Waals surface area contributed by atoms with Crippen molar-refractivity contribution in [2.75, 3.05) is 22.9 Å². The molecule has 2 aromatic rings. The first-order valence-corrected chi connectivity index (χ1v) is 15.6. The average molecular weight is 536 g/mol. The molecule has 1 atom stereocenters. The van der Waals surface area contributed by atoms with Crippen molar-refractivity contribution in [2.45, 2.75) is 69.4 Å². The van der Waals surface area contributed by atoms with Gasteiger partial charge < -0.3 is 9.47 Å². The van der Waals surface area contributed by atoms with E-state index in [0.29, 0.717) is 31.4 Å². The molecule has 1 fully saturated rings. The third-order valence-electron chi connectivity index (χ3n) is 7.05. The summed E-state index contributed by atoms with van der Waals surface area (Å²) in [5, 5.41) is 0. The van der Waals surface area contributed by atoms with Gasteiger partial charge in [0.25, 0.3) is 10.0 Å². The minimum absolute atomic E-state index is 0.00128. The number of fused-ring (bicyclic) bond motifs is 1. The normalized spacial score (nSPS) is 20.0. The summed E-state index contributed by atoms with van der Waals surface area (Å²) in [6, 6.07) is 9.93. The predicted octanol–water partition coefficient (Wildman–Crippen LogP) is 3.91. The summed E-state index contributed by atoms with van der Waals surface area (Å²) in [7, 11) is -5.84.